The van der Waals surface area contributed by atoms with E-state index in [1.54, 1.807) is 0 Å². The van der Waals surface area contributed by atoms with E-state index in [1.807, 2.05) is 78.2 Å². The predicted molar refractivity (Wildman–Crippen MR) is 106 cm³/mol. The summed E-state index contributed by atoms with van der Waals surface area (Å²) < 4.78 is 0. The highest BCUT2D eigenvalue weighted by Crippen LogP contribution is 2.22. The van der Waals surface area contributed by atoms with E-state index >= 15 is 0 Å². The molecular formula is C22H27N3O2. The molecule has 0 spiro atoms. The molecule has 1 fully saturated rings. The van der Waals surface area contributed by atoms with E-state index in [4.69, 9.17) is 5.73 Å². The fourth-order valence-electron chi connectivity index (χ4n) is 3.41. The Bertz CT molecular complexity index is 781. The number of amides is 2. The van der Waals surface area contributed by atoms with Crippen molar-refractivity contribution < 1.29 is 9.59 Å². The quantitative estimate of drug-likeness (QED) is 0.906. The number of hydrogen-bond donors (Lipinski definition) is 1. The van der Waals surface area contributed by atoms with Gasteiger partial charge >= 0.3 is 0 Å². The monoisotopic (exact) mass is 365 g/mol. The van der Waals surface area contributed by atoms with Crippen LogP contribution in [0.15, 0.2) is 54.6 Å². The second kappa shape index (κ2) is 8.35. The van der Waals surface area contributed by atoms with E-state index in [0.29, 0.717) is 31.7 Å². The van der Waals surface area contributed by atoms with Gasteiger partial charge in [0.15, 0.2) is 0 Å². The number of aryl methyl sites for hydroxylation is 1. The third-order valence-corrected chi connectivity index (χ3v) is 5.29. The van der Waals surface area contributed by atoms with E-state index in [9.17, 15) is 9.59 Å². The lowest BCUT2D eigenvalue weighted by Crippen LogP contribution is -2.52. The summed E-state index contributed by atoms with van der Waals surface area (Å²) in [5, 5.41) is 0. The molecule has 0 aliphatic carbocycles. The lowest BCUT2D eigenvalue weighted by atomic mass is 9.94. The summed E-state index contributed by atoms with van der Waals surface area (Å²) in [4.78, 5) is 29.1. The van der Waals surface area contributed by atoms with Crippen LogP contribution >= 0.6 is 0 Å². The van der Waals surface area contributed by atoms with E-state index in [0.717, 1.165) is 11.1 Å². The first-order valence-corrected chi connectivity index (χ1v) is 9.42. The molecule has 5 nitrogen and oxygen atoms in total. The van der Waals surface area contributed by atoms with Crippen molar-refractivity contribution in [2.75, 3.05) is 26.2 Å². The fourth-order valence-corrected chi connectivity index (χ4v) is 3.41. The van der Waals surface area contributed by atoms with Crippen LogP contribution in [0.25, 0.3) is 0 Å². The van der Waals surface area contributed by atoms with Crippen molar-refractivity contribution >= 4 is 11.8 Å². The lowest BCUT2D eigenvalue weighted by Gasteiger charge is -2.37. The van der Waals surface area contributed by atoms with Gasteiger partial charge in [-0.2, -0.15) is 0 Å². The number of rotatable bonds is 4. The van der Waals surface area contributed by atoms with Gasteiger partial charge in [0.05, 0.1) is 5.92 Å². The number of carbonyl (C=O) groups excluding carboxylic acids is 2. The highest BCUT2D eigenvalue weighted by Gasteiger charge is 2.30. The zero-order chi connectivity index (χ0) is 19.4. The molecule has 2 atom stereocenters. The SMILES string of the molecule is Cc1ccc(C(=O)N2CCN(C(=O)C(C)C(N)c3ccccc3)CC2)cc1. The van der Waals surface area contributed by atoms with Crippen LogP contribution in [0.1, 0.15) is 34.5 Å². The maximum absolute atomic E-state index is 12.8. The Kier molecular flexibility index (Phi) is 5.91. The van der Waals surface area contributed by atoms with Crippen molar-refractivity contribution in [3.8, 4) is 0 Å². The Hall–Kier alpha value is -2.66. The maximum Gasteiger partial charge on any atom is 0.253 e. The van der Waals surface area contributed by atoms with Crippen molar-refractivity contribution in [3.05, 3.63) is 71.3 Å². The Morgan fingerprint density at radius 2 is 1.44 bits per heavy atom. The van der Waals surface area contributed by atoms with E-state index in [2.05, 4.69) is 0 Å². The van der Waals surface area contributed by atoms with Crippen LogP contribution in [0.4, 0.5) is 0 Å². The summed E-state index contributed by atoms with van der Waals surface area (Å²) in [7, 11) is 0. The fraction of sp³-hybridized carbons (Fsp3) is 0.364. The molecule has 1 aliphatic rings. The summed E-state index contributed by atoms with van der Waals surface area (Å²) in [5.74, 6) is -0.225. The van der Waals surface area contributed by atoms with Gasteiger partial charge in [0.1, 0.15) is 0 Å². The maximum atomic E-state index is 12.8. The number of nitrogens with zero attached hydrogens (tertiary/aromatic N) is 2. The molecule has 3 rings (SSSR count). The highest BCUT2D eigenvalue weighted by atomic mass is 16.2. The first-order valence-electron chi connectivity index (χ1n) is 9.42. The zero-order valence-corrected chi connectivity index (χ0v) is 16.0. The topological polar surface area (TPSA) is 66.6 Å². The van der Waals surface area contributed by atoms with Gasteiger partial charge < -0.3 is 15.5 Å². The molecule has 1 heterocycles. The van der Waals surface area contributed by atoms with Crippen LogP contribution in [-0.2, 0) is 4.79 Å². The lowest BCUT2D eigenvalue weighted by molar-refractivity contribution is -0.137. The van der Waals surface area contributed by atoms with Crippen LogP contribution in [0.3, 0.4) is 0 Å². The minimum absolute atomic E-state index is 0.0242. The van der Waals surface area contributed by atoms with E-state index in [-0.39, 0.29) is 23.8 Å². The van der Waals surface area contributed by atoms with Gasteiger partial charge in [-0.3, -0.25) is 9.59 Å². The molecule has 1 saturated heterocycles. The summed E-state index contributed by atoms with van der Waals surface area (Å²) in [5.41, 5.74) is 9.09. The zero-order valence-electron chi connectivity index (χ0n) is 16.0. The Labute approximate surface area is 160 Å². The molecule has 2 amide bonds. The minimum Gasteiger partial charge on any atom is -0.339 e. The van der Waals surface area contributed by atoms with Gasteiger partial charge in [-0.1, -0.05) is 55.0 Å². The molecular weight excluding hydrogens is 338 g/mol. The van der Waals surface area contributed by atoms with Gasteiger partial charge in [-0.15, -0.1) is 0 Å². The molecule has 0 bridgehead atoms. The first-order chi connectivity index (χ1) is 13.0. The number of piperazine rings is 1. The molecule has 0 radical (unpaired) electrons. The van der Waals surface area contributed by atoms with Gasteiger partial charge in [-0.25, -0.2) is 0 Å². The number of carbonyl (C=O) groups is 2. The van der Waals surface area contributed by atoms with Crippen LogP contribution in [0, 0.1) is 12.8 Å². The van der Waals surface area contributed by atoms with Crippen molar-refractivity contribution in [3.63, 3.8) is 0 Å². The van der Waals surface area contributed by atoms with Crippen molar-refractivity contribution in [1.29, 1.82) is 0 Å². The molecule has 1 aliphatic heterocycles. The molecule has 5 heteroatoms. The van der Waals surface area contributed by atoms with E-state index < -0.39 is 0 Å². The third kappa shape index (κ3) is 4.37. The Morgan fingerprint density at radius 3 is 2.04 bits per heavy atom. The smallest absolute Gasteiger partial charge is 0.253 e. The Balaban J connectivity index is 1.57. The molecule has 2 aromatic rings. The molecule has 2 unspecified atom stereocenters. The summed E-state index contributed by atoms with van der Waals surface area (Å²) >= 11 is 0. The van der Waals surface area contributed by atoms with Gasteiger partial charge in [-0.05, 0) is 24.6 Å². The second-order valence-electron chi connectivity index (χ2n) is 7.21. The summed E-state index contributed by atoms with van der Waals surface area (Å²) in [6.07, 6.45) is 0. The van der Waals surface area contributed by atoms with Crippen LogP contribution in [-0.4, -0.2) is 47.8 Å². The predicted octanol–water partition coefficient (Wildman–Crippen LogP) is 2.62. The normalized spacial score (nSPS) is 16.7. The number of nitrogens with two attached hydrogens (primary N) is 1. The van der Waals surface area contributed by atoms with Crippen molar-refractivity contribution in [1.82, 2.24) is 9.80 Å². The summed E-state index contributed by atoms with van der Waals surface area (Å²) in [6, 6.07) is 17.0. The average molecular weight is 365 g/mol. The summed E-state index contributed by atoms with van der Waals surface area (Å²) in [6.45, 7) is 6.06. The number of hydrogen-bond acceptors (Lipinski definition) is 3. The van der Waals surface area contributed by atoms with Crippen molar-refractivity contribution in [2.45, 2.75) is 19.9 Å². The van der Waals surface area contributed by atoms with Crippen LogP contribution in [0.2, 0.25) is 0 Å². The minimum atomic E-state index is -0.328. The van der Waals surface area contributed by atoms with Crippen molar-refractivity contribution in [2.24, 2.45) is 11.7 Å². The largest absolute Gasteiger partial charge is 0.339 e. The molecule has 2 aromatic carbocycles. The van der Waals surface area contributed by atoms with Crippen LogP contribution < -0.4 is 5.73 Å². The number of benzene rings is 2. The molecule has 27 heavy (non-hydrogen) atoms. The van der Waals surface area contributed by atoms with E-state index in [1.165, 1.54) is 0 Å². The molecule has 0 aromatic heterocycles. The first kappa shape index (κ1) is 19.1. The Morgan fingerprint density at radius 1 is 0.889 bits per heavy atom. The van der Waals surface area contributed by atoms with Gasteiger partial charge in [0, 0.05) is 37.8 Å². The third-order valence-electron chi connectivity index (χ3n) is 5.29. The second-order valence-corrected chi connectivity index (χ2v) is 7.21. The molecule has 2 N–H and O–H groups in total. The van der Waals surface area contributed by atoms with Crippen LogP contribution in [0.5, 0.6) is 0 Å². The standard InChI is InChI=1S/C22H27N3O2/c1-16-8-10-19(11-9-16)22(27)25-14-12-24(13-15-25)21(26)17(2)20(23)18-6-4-3-5-7-18/h3-11,17,20H,12-15,23H2,1-2H3. The molecule has 142 valence electrons. The average Bonchev–Trinajstić information content (AvgIpc) is 2.73. The van der Waals surface area contributed by atoms with Gasteiger partial charge in [0.25, 0.3) is 5.91 Å². The molecule has 0 saturated carbocycles. The van der Waals surface area contributed by atoms with Gasteiger partial charge in [0.2, 0.25) is 5.91 Å². The highest BCUT2D eigenvalue weighted by molar-refractivity contribution is 5.94.